The molecule has 154 valence electrons. The van der Waals surface area contributed by atoms with E-state index in [4.69, 9.17) is 9.47 Å². The standard InChI is InChI=1S/C23H22N2O5/c1-3-24-22(27)15-7-6-8-16(13-15)25-21(26)14-30-23(28)19-11-12-20(29-2)18-10-5-4-9-17(18)19/h4-13H,3,14H2,1-2H3,(H,24,27)(H,25,26). The summed E-state index contributed by atoms with van der Waals surface area (Å²) in [5.41, 5.74) is 1.21. The van der Waals surface area contributed by atoms with E-state index < -0.39 is 18.5 Å². The summed E-state index contributed by atoms with van der Waals surface area (Å²) in [6.07, 6.45) is 0. The van der Waals surface area contributed by atoms with Crippen LogP contribution in [0.3, 0.4) is 0 Å². The number of ether oxygens (including phenoxy) is 2. The zero-order chi connectivity index (χ0) is 21.5. The minimum Gasteiger partial charge on any atom is -0.496 e. The molecule has 0 aliphatic rings. The van der Waals surface area contributed by atoms with Crippen LogP contribution in [0.2, 0.25) is 0 Å². The van der Waals surface area contributed by atoms with Gasteiger partial charge in [-0.05, 0) is 42.6 Å². The van der Waals surface area contributed by atoms with Crippen LogP contribution in [0, 0.1) is 0 Å². The molecule has 0 unspecified atom stereocenters. The quantitative estimate of drug-likeness (QED) is 0.587. The van der Waals surface area contributed by atoms with Crippen molar-refractivity contribution in [2.24, 2.45) is 0 Å². The van der Waals surface area contributed by atoms with Crippen molar-refractivity contribution < 1.29 is 23.9 Å². The van der Waals surface area contributed by atoms with E-state index in [0.29, 0.717) is 34.5 Å². The fourth-order valence-electron chi connectivity index (χ4n) is 3.03. The Morgan fingerprint density at radius 1 is 0.933 bits per heavy atom. The number of carbonyl (C=O) groups excluding carboxylic acids is 3. The maximum atomic E-state index is 12.5. The first-order valence-electron chi connectivity index (χ1n) is 9.44. The van der Waals surface area contributed by atoms with Gasteiger partial charge < -0.3 is 20.1 Å². The predicted molar refractivity (Wildman–Crippen MR) is 114 cm³/mol. The average Bonchev–Trinajstić information content (AvgIpc) is 2.77. The Hall–Kier alpha value is -3.87. The molecule has 0 aromatic heterocycles. The van der Waals surface area contributed by atoms with Crippen molar-refractivity contribution in [3.63, 3.8) is 0 Å². The lowest BCUT2D eigenvalue weighted by Gasteiger charge is -2.11. The molecule has 0 aliphatic heterocycles. The molecule has 0 radical (unpaired) electrons. The lowest BCUT2D eigenvalue weighted by Crippen LogP contribution is -2.23. The van der Waals surface area contributed by atoms with Gasteiger partial charge in [0.05, 0.1) is 12.7 Å². The van der Waals surface area contributed by atoms with Crippen molar-refractivity contribution >= 4 is 34.2 Å². The molecule has 0 heterocycles. The Bertz CT molecular complexity index is 1090. The molecular formula is C23H22N2O5. The Morgan fingerprint density at radius 3 is 2.43 bits per heavy atom. The van der Waals surface area contributed by atoms with E-state index in [9.17, 15) is 14.4 Å². The van der Waals surface area contributed by atoms with Crippen LogP contribution in [-0.2, 0) is 9.53 Å². The van der Waals surface area contributed by atoms with Crippen LogP contribution in [0.5, 0.6) is 5.75 Å². The zero-order valence-electron chi connectivity index (χ0n) is 16.7. The topological polar surface area (TPSA) is 93.7 Å². The summed E-state index contributed by atoms with van der Waals surface area (Å²) < 4.78 is 10.5. The summed E-state index contributed by atoms with van der Waals surface area (Å²) in [6, 6.07) is 17.1. The number of anilines is 1. The fraction of sp³-hybridized carbons (Fsp3) is 0.174. The number of hydrogen-bond donors (Lipinski definition) is 2. The lowest BCUT2D eigenvalue weighted by atomic mass is 10.0. The van der Waals surface area contributed by atoms with Crippen molar-refractivity contribution in [2.75, 3.05) is 25.6 Å². The molecule has 3 aromatic rings. The summed E-state index contributed by atoms with van der Waals surface area (Å²) in [5.74, 6) is -0.701. The molecule has 7 heteroatoms. The molecule has 3 aromatic carbocycles. The number of methoxy groups -OCH3 is 1. The largest absolute Gasteiger partial charge is 0.496 e. The van der Waals surface area contributed by atoms with E-state index >= 15 is 0 Å². The van der Waals surface area contributed by atoms with Crippen LogP contribution >= 0.6 is 0 Å². The van der Waals surface area contributed by atoms with Crippen molar-refractivity contribution in [1.82, 2.24) is 5.32 Å². The number of benzene rings is 3. The van der Waals surface area contributed by atoms with Gasteiger partial charge in [-0.1, -0.05) is 30.3 Å². The first-order valence-corrected chi connectivity index (χ1v) is 9.44. The van der Waals surface area contributed by atoms with E-state index in [1.807, 2.05) is 25.1 Å². The molecule has 0 saturated carbocycles. The summed E-state index contributed by atoms with van der Waals surface area (Å²) in [7, 11) is 1.56. The highest BCUT2D eigenvalue weighted by Crippen LogP contribution is 2.28. The highest BCUT2D eigenvalue weighted by atomic mass is 16.5. The molecule has 2 amide bonds. The maximum Gasteiger partial charge on any atom is 0.339 e. The number of rotatable bonds is 7. The van der Waals surface area contributed by atoms with Gasteiger partial charge in [0, 0.05) is 23.2 Å². The second-order valence-electron chi connectivity index (χ2n) is 6.43. The number of amides is 2. The van der Waals surface area contributed by atoms with Gasteiger partial charge in [-0.15, -0.1) is 0 Å². The highest BCUT2D eigenvalue weighted by Gasteiger charge is 2.16. The van der Waals surface area contributed by atoms with Crippen LogP contribution in [-0.4, -0.2) is 38.0 Å². The molecule has 0 atom stereocenters. The Labute approximate surface area is 174 Å². The average molecular weight is 406 g/mol. The second kappa shape index (κ2) is 9.56. The number of esters is 1. The second-order valence-corrected chi connectivity index (χ2v) is 6.43. The Morgan fingerprint density at radius 2 is 1.70 bits per heavy atom. The molecule has 0 fully saturated rings. The van der Waals surface area contributed by atoms with Crippen LogP contribution in [0.4, 0.5) is 5.69 Å². The third-order valence-electron chi connectivity index (χ3n) is 4.40. The predicted octanol–water partition coefficient (Wildman–Crippen LogP) is 3.39. The monoisotopic (exact) mass is 406 g/mol. The number of hydrogen-bond acceptors (Lipinski definition) is 5. The molecule has 0 spiro atoms. The SMILES string of the molecule is CCNC(=O)c1cccc(NC(=O)COC(=O)c2ccc(OC)c3ccccc23)c1. The molecule has 2 N–H and O–H groups in total. The highest BCUT2D eigenvalue weighted by molar-refractivity contribution is 6.07. The third-order valence-corrected chi connectivity index (χ3v) is 4.40. The van der Waals surface area contributed by atoms with Crippen LogP contribution in [0.15, 0.2) is 60.7 Å². The van der Waals surface area contributed by atoms with Gasteiger partial charge in [0.15, 0.2) is 6.61 Å². The molecule has 7 nitrogen and oxygen atoms in total. The first-order chi connectivity index (χ1) is 14.5. The van der Waals surface area contributed by atoms with E-state index in [1.54, 1.807) is 49.6 Å². The van der Waals surface area contributed by atoms with Crippen molar-refractivity contribution in [1.29, 1.82) is 0 Å². The van der Waals surface area contributed by atoms with Crippen molar-refractivity contribution in [3.05, 3.63) is 71.8 Å². The summed E-state index contributed by atoms with van der Waals surface area (Å²) in [6.45, 7) is 1.87. The van der Waals surface area contributed by atoms with Gasteiger partial charge in [-0.25, -0.2) is 4.79 Å². The first kappa shape index (κ1) is 20.9. The lowest BCUT2D eigenvalue weighted by molar-refractivity contribution is -0.119. The van der Waals surface area contributed by atoms with Gasteiger partial charge in [0.25, 0.3) is 11.8 Å². The van der Waals surface area contributed by atoms with Crippen LogP contribution in [0.1, 0.15) is 27.6 Å². The van der Waals surface area contributed by atoms with E-state index in [-0.39, 0.29) is 5.91 Å². The third kappa shape index (κ3) is 4.75. The van der Waals surface area contributed by atoms with Crippen LogP contribution < -0.4 is 15.4 Å². The van der Waals surface area contributed by atoms with Gasteiger partial charge in [0.1, 0.15) is 5.75 Å². The van der Waals surface area contributed by atoms with Crippen molar-refractivity contribution in [3.8, 4) is 5.75 Å². The minimum absolute atomic E-state index is 0.230. The van der Waals surface area contributed by atoms with Gasteiger partial charge in [0.2, 0.25) is 0 Å². The molecule has 30 heavy (non-hydrogen) atoms. The summed E-state index contributed by atoms with van der Waals surface area (Å²) in [4.78, 5) is 36.7. The maximum absolute atomic E-state index is 12.5. The molecule has 0 aliphatic carbocycles. The number of nitrogens with one attached hydrogen (secondary N) is 2. The van der Waals surface area contributed by atoms with Gasteiger partial charge in [-0.3, -0.25) is 9.59 Å². The summed E-state index contributed by atoms with van der Waals surface area (Å²) in [5, 5.41) is 6.78. The van der Waals surface area contributed by atoms with Gasteiger partial charge >= 0.3 is 5.97 Å². The van der Waals surface area contributed by atoms with E-state index in [2.05, 4.69) is 10.6 Å². The molecule has 3 rings (SSSR count). The molecule has 0 bridgehead atoms. The minimum atomic E-state index is -0.611. The normalized spacial score (nSPS) is 10.3. The summed E-state index contributed by atoms with van der Waals surface area (Å²) >= 11 is 0. The Kier molecular flexibility index (Phi) is 6.64. The number of fused-ring (bicyclic) bond motifs is 1. The van der Waals surface area contributed by atoms with E-state index in [1.165, 1.54) is 0 Å². The van der Waals surface area contributed by atoms with Crippen LogP contribution in [0.25, 0.3) is 10.8 Å². The molecular weight excluding hydrogens is 384 g/mol. The fourth-order valence-corrected chi connectivity index (χ4v) is 3.03. The number of carbonyl (C=O) groups is 3. The van der Waals surface area contributed by atoms with Crippen molar-refractivity contribution in [2.45, 2.75) is 6.92 Å². The smallest absolute Gasteiger partial charge is 0.339 e. The van der Waals surface area contributed by atoms with Gasteiger partial charge in [-0.2, -0.15) is 0 Å². The Balaban J connectivity index is 1.66. The van der Waals surface area contributed by atoms with E-state index in [0.717, 1.165) is 5.39 Å². The zero-order valence-corrected chi connectivity index (χ0v) is 16.7. The molecule has 0 saturated heterocycles.